The minimum absolute atomic E-state index is 0.00430. The molecule has 2 amide bonds. The van der Waals surface area contributed by atoms with E-state index in [-0.39, 0.29) is 42.1 Å². The lowest BCUT2D eigenvalue weighted by atomic mass is 9.71. The second-order valence-corrected chi connectivity index (χ2v) is 6.71. The fourth-order valence-corrected chi connectivity index (χ4v) is 3.95. The van der Waals surface area contributed by atoms with Crippen LogP contribution in [0.2, 0.25) is 0 Å². The quantitative estimate of drug-likeness (QED) is 0.363. The number of hydrazine groups is 1. The van der Waals surface area contributed by atoms with Crippen LogP contribution in [0.4, 0.5) is 10.5 Å². The summed E-state index contributed by atoms with van der Waals surface area (Å²) in [5.41, 5.74) is 1.83. The van der Waals surface area contributed by atoms with Gasteiger partial charge in [-0.1, -0.05) is 18.6 Å². The highest BCUT2D eigenvalue weighted by Gasteiger charge is 2.64. The summed E-state index contributed by atoms with van der Waals surface area (Å²) in [4.78, 5) is 34.8. The Morgan fingerprint density at radius 1 is 1.32 bits per heavy atom. The molecule has 0 aromatic heterocycles. The van der Waals surface area contributed by atoms with Gasteiger partial charge >= 0.3 is 6.09 Å². The third kappa shape index (κ3) is 2.13. The maximum Gasteiger partial charge on any atom is 0.429 e. The summed E-state index contributed by atoms with van der Waals surface area (Å²) in [7, 11) is 0. The van der Waals surface area contributed by atoms with Gasteiger partial charge in [0.25, 0.3) is 5.69 Å². The number of hydrogen-bond acceptors (Lipinski definition) is 5. The molecule has 1 aliphatic carbocycles. The molecule has 2 saturated heterocycles. The van der Waals surface area contributed by atoms with E-state index in [1.165, 1.54) is 27.7 Å². The predicted molar refractivity (Wildman–Crippen MR) is 86.0 cm³/mol. The average molecular weight is 343 g/mol. The lowest BCUT2D eigenvalue weighted by molar-refractivity contribution is -0.384. The Bertz CT molecular complexity index is 803. The SMILES string of the molecule is CC1=C[C@@H]2[C@H]1[C@@H]1[C@@H](C)C(=O)N1N2C(=O)OCc1ccc([N+](=O)[O-])cc1. The first-order valence-electron chi connectivity index (χ1n) is 8.11. The Morgan fingerprint density at radius 3 is 2.60 bits per heavy atom. The second-order valence-electron chi connectivity index (χ2n) is 6.71. The molecule has 2 heterocycles. The monoisotopic (exact) mass is 343 g/mol. The number of nitrogens with zero attached hydrogens (tertiary/aromatic N) is 3. The summed E-state index contributed by atoms with van der Waals surface area (Å²) < 4.78 is 5.33. The molecule has 0 spiro atoms. The molecule has 8 nitrogen and oxygen atoms in total. The average Bonchev–Trinajstić information content (AvgIpc) is 2.86. The molecule has 1 aromatic carbocycles. The molecule has 25 heavy (non-hydrogen) atoms. The normalized spacial score (nSPS) is 29.2. The fourth-order valence-electron chi connectivity index (χ4n) is 3.95. The van der Waals surface area contributed by atoms with Gasteiger partial charge in [0.15, 0.2) is 0 Å². The molecule has 3 aliphatic rings. The van der Waals surface area contributed by atoms with Crippen molar-refractivity contribution < 1.29 is 19.2 Å². The van der Waals surface area contributed by atoms with Gasteiger partial charge in [-0.2, -0.15) is 0 Å². The lowest BCUT2D eigenvalue weighted by Crippen LogP contribution is -2.63. The van der Waals surface area contributed by atoms with E-state index in [4.69, 9.17) is 4.74 Å². The standard InChI is InChI=1S/C17H17N3O5/c1-9-7-13-14(9)15-10(2)16(21)19(15)18(13)17(22)25-8-11-3-5-12(6-4-11)20(23)24/h3-7,10,13-15H,8H2,1-2H3/t10-,13-,14+,15+/m1/s1. The Morgan fingerprint density at radius 2 is 2.00 bits per heavy atom. The van der Waals surface area contributed by atoms with Crippen molar-refractivity contribution in [1.29, 1.82) is 0 Å². The van der Waals surface area contributed by atoms with Crippen molar-refractivity contribution in [3.05, 3.63) is 51.6 Å². The van der Waals surface area contributed by atoms with Gasteiger partial charge in [0.1, 0.15) is 6.61 Å². The first-order valence-corrected chi connectivity index (χ1v) is 8.11. The second kappa shape index (κ2) is 5.30. The number of hydrogen-bond donors (Lipinski definition) is 0. The molecule has 8 heteroatoms. The number of carbonyl (C=O) groups is 2. The zero-order chi connectivity index (χ0) is 17.9. The molecule has 0 unspecified atom stereocenters. The van der Waals surface area contributed by atoms with Crippen molar-refractivity contribution >= 4 is 17.7 Å². The number of rotatable bonds is 3. The van der Waals surface area contributed by atoms with Crippen LogP contribution < -0.4 is 0 Å². The van der Waals surface area contributed by atoms with Crippen molar-refractivity contribution in [3.63, 3.8) is 0 Å². The summed E-state index contributed by atoms with van der Waals surface area (Å²) in [5, 5.41) is 13.6. The predicted octanol–water partition coefficient (Wildman–Crippen LogP) is 2.25. The molecule has 1 aromatic rings. The Labute approximate surface area is 143 Å². The van der Waals surface area contributed by atoms with Gasteiger partial charge in [-0.25, -0.2) is 14.8 Å². The van der Waals surface area contributed by atoms with Gasteiger partial charge in [-0.05, 0) is 24.6 Å². The van der Waals surface area contributed by atoms with Crippen molar-refractivity contribution in [3.8, 4) is 0 Å². The molecular weight excluding hydrogens is 326 g/mol. The maximum atomic E-state index is 12.5. The van der Waals surface area contributed by atoms with Crippen molar-refractivity contribution in [1.82, 2.24) is 10.0 Å². The number of β-lactam (4-membered cyclic amide) rings is 1. The zero-order valence-electron chi connectivity index (χ0n) is 13.8. The number of carbonyl (C=O) groups excluding carboxylic acids is 2. The van der Waals surface area contributed by atoms with E-state index in [1.807, 2.05) is 19.9 Å². The van der Waals surface area contributed by atoms with Gasteiger partial charge < -0.3 is 4.74 Å². The number of fused-ring (bicyclic) bond motifs is 3. The largest absolute Gasteiger partial charge is 0.443 e. The van der Waals surface area contributed by atoms with Crippen molar-refractivity contribution in [2.75, 3.05) is 0 Å². The number of benzene rings is 1. The van der Waals surface area contributed by atoms with E-state index in [9.17, 15) is 19.7 Å². The van der Waals surface area contributed by atoms with E-state index < -0.39 is 11.0 Å². The molecular formula is C17H17N3O5. The number of non-ortho nitro benzene ring substituents is 1. The molecule has 2 aliphatic heterocycles. The summed E-state index contributed by atoms with van der Waals surface area (Å²) in [5.74, 6) is 0.0520. The number of nitro benzene ring substituents is 1. The van der Waals surface area contributed by atoms with Crippen LogP contribution in [0.1, 0.15) is 19.4 Å². The van der Waals surface area contributed by atoms with E-state index in [1.54, 1.807) is 12.1 Å². The van der Waals surface area contributed by atoms with Crippen LogP contribution in [0.3, 0.4) is 0 Å². The van der Waals surface area contributed by atoms with E-state index in [0.717, 1.165) is 0 Å². The Hall–Kier alpha value is -2.90. The third-order valence-electron chi connectivity index (χ3n) is 5.32. The molecule has 0 N–H and O–H groups in total. The van der Waals surface area contributed by atoms with Crippen LogP contribution in [-0.2, 0) is 16.1 Å². The molecule has 0 saturated carbocycles. The van der Waals surface area contributed by atoms with Gasteiger partial charge in [0.2, 0.25) is 5.91 Å². The zero-order valence-corrected chi connectivity index (χ0v) is 13.8. The summed E-state index contributed by atoms with van der Waals surface area (Å²) in [6.45, 7) is 3.90. The number of nitro groups is 1. The van der Waals surface area contributed by atoms with E-state index in [0.29, 0.717) is 5.56 Å². The minimum atomic E-state index is -0.570. The summed E-state index contributed by atoms with van der Waals surface area (Å²) >= 11 is 0. The van der Waals surface area contributed by atoms with Crippen LogP contribution in [0.5, 0.6) is 0 Å². The molecule has 4 atom stereocenters. The van der Waals surface area contributed by atoms with Crippen molar-refractivity contribution in [2.24, 2.45) is 11.8 Å². The minimum Gasteiger partial charge on any atom is -0.443 e. The van der Waals surface area contributed by atoms with Crippen LogP contribution in [0, 0.1) is 22.0 Å². The van der Waals surface area contributed by atoms with Crippen LogP contribution >= 0.6 is 0 Å². The molecule has 4 rings (SSSR count). The van der Waals surface area contributed by atoms with E-state index in [2.05, 4.69) is 0 Å². The smallest absolute Gasteiger partial charge is 0.429 e. The molecule has 0 radical (unpaired) electrons. The van der Waals surface area contributed by atoms with Gasteiger partial charge in [-0.3, -0.25) is 14.9 Å². The Balaban J connectivity index is 1.44. The summed E-state index contributed by atoms with van der Waals surface area (Å²) in [6.07, 6.45) is 1.41. The van der Waals surface area contributed by atoms with Gasteiger partial charge in [0, 0.05) is 18.1 Å². The van der Waals surface area contributed by atoms with E-state index >= 15 is 0 Å². The third-order valence-corrected chi connectivity index (χ3v) is 5.32. The Kier molecular flexibility index (Phi) is 3.31. The number of amides is 2. The topological polar surface area (TPSA) is 93.0 Å². The van der Waals surface area contributed by atoms with Gasteiger partial charge in [-0.15, -0.1) is 0 Å². The van der Waals surface area contributed by atoms with Crippen LogP contribution in [0.25, 0.3) is 0 Å². The fraction of sp³-hybridized carbons (Fsp3) is 0.412. The molecule has 130 valence electrons. The lowest BCUT2D eigenvalue weighted by Gasteiger charge is -2.44. The first kappa shape index (κ1) is 15.6. The maximum absolute atomic E-state index is 12.5. The molecule has 0 bridgehead atoms. The van der Waals surface area contributed by atoms with Crippen molar-refractivity contribution in [2.45, 2.75) is 32.5 Å². The number of ether oxygens (including phenoxy) is 1. The molecule has 2 fully saturated rings. The van der Waals surface area contributed by atoms with Crippen LogP contribution in [-0.4, -0.2) is 39.0 Å². The van der Waals surface area contributed by atoms with Gasteiger partial charge in [0.05, 0.1) is 22.9 Å². The summed E-state index contributed by atoms with van der Waals surface area (Å²) in [6, 6.07) is 5.74. The first-order chi connectivity index (χ1) is 11.9. The van der Waals surface area contributed by atoms with Crippen LogP contribution in [0.15, 0.2) is 35.9 Å². The highest BCUT2D eigenvalue weighted by atomic mass is 16.6. The highest BCUT2D eigenvalue weighted by Crippen LogP contribution is 2.51. The highest BCUT2D eigenvalue weighted by molar-refractivity contribution is 5.89.